The summed E-state index contributed by atoms with van der Waals surface area (Å²) < 4.78 is 16.9. The summed E-state index contributed by atoms with van der Waals surface area (Å²) in [5.41, 5.74) is -0.291. The van der Waals surface area contributed by atoms with Crippen LogP contribution in [-0.4, -0.2) is 34.8 Å². The minimum Gasteiger partial charge on any atom is -0.490 e. The van der Waals surface area contributed by atoms with Gasteiger partial charge in [-0.15, -0.1) is 0 Å². The Morgan fingerprint density at radius 3 is 2.48 bits per heavy atom. The van der Waals surface area contributed by atoms with Crippen molar-refractivity contribution in [1.82, 2.24) is 4.90 Å². The van der Waals surface area contributed by atoms with Gasteiger partial charge in [0.1, 0.15) is 23.0 Å². The van der Waals surface area contributed by atoms with Gasteiger partial charge in [-0.1, -0.05) is 0 Å². The van der Waals surface area contributed by atoms with E-state index in [1.165, 1.54) is 6.07 Å². The van der Waals surface area contributed by atoms with E-state index in [2.05, 4.69) is 0 Å². The molecule has 2 saturated heterocycles. The number of carbonyl (C=O) groups excluding carboxylic acids is 1. The summed E-state index contributed by atoms with van der Waals surface area (Å²) in [6, 6.07) is 8.96. The van der Waals surface area contributed by atoms with Gasteiger partial charge in [0.2, 0.25) is 0 Å². The number of carbonyl (C=O) groups is 1. The van der Waals surface area contributed by atoms with Gasteiger partial charge in [0.15, 0.2) is 0 Å². The van der Waals surface area contributed by atoms with E-state index in [0.717, 1.165) is 36.8 Å². The molecule has 6 nitrogen and oxygen atoms in total. The molecule has 1 amide bonds. The van der Waals surface area contributed by atoms with Gasteiger partial charge < -0.3 is 18.8 Å². The fraction of sp³-hybridized carbons (Fsp3) is 0.524. The lowest BCUT2D eigenvalue weighted by atomic mass is 10.00. The molecule has 0 radical (unpaired) electrons. The molecule has 2 aromatic rings. The Kier molecular flexibility index (Phi) is 4.36. The Balaban J connectivity index is 1.45. The zero-order chi connectivity index (χ0) is 19.2. The maximum absolute atomic E-state index is 12.5. The van der Waals surface area contributed by atoms with Gasteiger partial charge in [-0.3, -0.25) is 0 Å². The van der Waals surface area contributed by atoms with Crippen LogP contribution in [0.5, 0.6) is 5.75 Å². The van der Waals surface area contributed by atoms with Gasteiger partial charge >= 0.3 is 11.7 Å². The summed E-state index contributed by atoms with van der Waals surface area (Å²) in [5.74, 6) is 0.756. The molecule has 144 valence electrons. The van der Waals surface area contributed by atoms with Crippen molar-refractivity contribution < 1.29 is 18.7 Å². The quantitative estimate of drug-likeness (QED) is 0.744. The summed E-state index contributed by atoms with van der Waals surface area (Å²) >= 11 is 0. The third kappa shape index (κ3) is 3.80. The van der Waals surface area contributed by atoms with E-state index < -0.39 is 5.60 Å². The molecule has 0 N–H and O–H groups in total. The van der Waals surface area contributed by atoms with E-state index >= 15 is 0 Å². The molecule has 2 fully saturated rings. The van der Waals surface area contributed by atoms with Crippen LogP contribution in [0.15, 0.2) is 39.5 Å². The maximum Gasteiger partial charge on any atom is 0.410 e. The second-order valence-electron chi connectivity index (χ2n) is 8.44. The van der Waals surface area contributed by atoms with Gasteiger partial charge in [0.25, 0.3) is 0 Å². The van der Waals surface area contributed by atoms with Gasteiger partial charge in [-0.25, -0.2) is 9.59 Å². The van der Waals surface area contributed by atoms with Crippen LogP contribution in [-0.2, 0) is 4.74 Å². The standard InChI is InChI=1S/C21H25NO5/c1-21(2,3)27-20(24)22-14-5-6-15(22)12-17(11-14)25-16-7-8-18-13(10-16)4-9-19(23)26-18/h4,7-10,14-15,17H,5-6,11-12H2,1-3H3. The van der Waals surface area contributed by atoms with Crippen molar-refractivity contribution in [3.63, 3.8) is 0 Å². The second kappa shape index (κ2) is 6.59. The Bertz CT molecular complexity index is 899. The first-order valence-corrected chi connectivity index (χ1v) is 9.50. The Morgan fingerprint density at radius 2 is 1.81 bits per heavy atom. The maximum atomic E-state index is 12.5. The van der Waals surface area contributed by atoms with Crippen LogP contribution in [0.3, 0.4) is 0 Å². The predicted octanol–water partition coefficient (Wildman–Crippen LogP) is 4.10. The highest BCUT2D eigenvalue weighted by Gasteiger charge is 2.45. The minimum atomic E-state index is -0.482. The van der Waals surface area contributed by atoms with E-state index in [1.54, 1.807) is 12.1 Å². The number of nitrogens with zero attached hydrogens (tertiary/aromatic N) is 1. The smallest absolute Gasteiger partial charge is 0.410 e. The molecule has 27 heavy (non-hydrogen) atoms. The third-order valence-electron chi connectivity index (χ3n) is 5.19. The highest BCUT2D eigenvalue weighted by atomic mass is 16.6. The number of piperidine rings is 1. The van der Waals surface area contributed by atoms with Crippen LogP contribution in [0, 0.1) is 0 Å². The van der Waals surface area contributed by atoms with Crippen molar-refractivity contribution in [3.05, 3.63) is 40.8 Å². The van der Waals surface area contributed by atoms with Crippen LogP contribution in [0.1, 0.15) is 46.5 Å². The zero-order valence-corrected chi connectivity index (χ0v) is 15.9. The highest BCUT2D eigenvalue weighted by Crippen LogP contribution is 2.38. The van der Waals surface area contributed by atoms with Crippen molar-refractivity contribution in [2.75, 3.05) is 0 Å². The molecule has 2 aliphatic rings. The summed E-state index contributed by atoms with van der Waals surface area (Å²) in [6.07, 6.45) is 3.44. The summed E-state index contributed by atoms with van der Waals surface area (Å²) in [6.45, 7) is 5.68. The molecule has 2 atom stereocenters. The number of ether oxygens (including phenoxy) is 2. The minimum absolute atomic E-state index is 0.0642. The Hall–Kier alpha value is -2.50. The molecule has 6 heteroatoms. The number of hydrogen-bond donors (Lipinski definition) is 0. The van der Waals surface area contributed by atoms with E-state index in [1.807, 2.05) is 37.8 Å². The van der Waals surface area contributed by atoms with Crippen LogP contribution < -0.4 is 10.4 Å². The predicted molar refractivity (Wildman–Crippen MR) is 101 cm³/mol. The monoisotopic (exact) mass is 371 g/mol. The average molecular weight is 371 g/mol. The third-order valence-corrected chi connectivity index (χ3v) is 5.19. The van der Waals surface area contributed by atoms with E-state index in [9.17, 15) is 9.59 Å². The lowest BCUT2D eigenvalue weighted by Crippen LogP contribution is -2.50. The molecule has 1 aromatic carbocycles. The molecule has 0 spiro atoms. The van der Waals surface area contributed by atoms with Crippen molar-refractivity contribution >= 4 is 17.1 Å². The fourth-order valence-corrected chi connectivity index (χ4v) is 4.15. The fourth-order valence-electron chi connectivity index (χ4n) is 4.15. The molecule has 4 rings (SSSR count). The number of amides is 1. The van der Waals surface area contributed by atoms with E-state index in [0.29, 0.717) is 5.58 Å². The first-order valence-electron chi connectivity index (χ1n) is 9.50. The lowest BCUT2D eigenvalue weighted by Gasteiger charge is -2.39. The SMILES string of the molecule is CC(C)(C)OC(=O)N1C2CCC1CC(Oc1ccc3oc(=O)ccc3c1)C2. The number of fused-ring (bicyclic) bond motifs is 3. The molecular weight excluding hydrogens is 346 g/mol. The highest BCUT2D eigenvalue weighted by molar-refractivity contribution is 5.77. The number of hydrogen-bond acceptors (Lipinski definition) is 5. The van der Waals surface area contributed by atoms with Gasteiger partial charge in [0.05, 0.1) is 0 Å². The summed E-state index contributed by atoms with van der Waals surface area (Å²) in [7, 11) is 0. The molecule has 1 aromatic heterocycles. The van der Waals surface area contributed by atoms with Gasteiger partial charge in [0, 0.05) is 36.4 Å². The first kappa shape index (κ1) is 17.9. The Labute approximate surface area is 158 Å². The van der Waals surface area contributed by atoms with Crippen LogP contribution in [0.2, 0.25) is 0 Å². The van der Waals surface area contributed by atoms with Crippen LogP contribution in [0.4, 0.5) is 4.79 Å². The molecular formula is C21H25NO5. The average Bonchev–Trinajstić information content (AvgIpc) is 2.85. The van der Waals surface area contributed by atoms with Gasteiger partial charge in [-0.05, 0) is 57.9 Å². The van der Waals surface area contributed by atoms with Crippen molar-refractivity contribution in [2.24, 2.45) is 0 Å². The Morgan fingerprint density at radius 1 is 1.11 bits per heavy atom. The van der Waals surface area contributed by atoms with Crippen molar-refractivity contribution in [1.29, 1.82) is 0 Å². The largest absolute Gasteiger partial charge is 0.490 e. The van der Waals surface area contributed by atoms with E-state index in [4.69, 9.17) is 13.9 Å². The molecule has 0 saturated carbocycles. The molecule has 0 aliphatic carbocycles. The van der Waals surface area contributed by atoms with Crippen LogP contribution in [0.25, 0.3) is 11.0 Å². The first-order chi connectivity index (χ1) is 12.8. The molecule has 2 unspecified atom stereocenters. The van der Waals surface area contributed by atoms with Crippen molar-refractivity contribution in [3.8, 4) is 5.75 Å². The summed E-state index contributed by atoms with van der Waals surface area (Å²) in [4.78, 5) is 25.8. The molecule has 2 aliphatic heterocycles. The normalized spacial score (nSPS) is 24.9. The number of benzene rings is 1. The van der Waals surface area contributed by atoms with Crippen molar-refractivity contribution in [2.45, 2.75) is 70.2 Å². The summed E-state index contributed by atoms with van der Waals surface area (Å²) in [5, 5.41) is 0.835. The zero-order valence-electron chi connectivity index (χ0n) is 15.9. The topological polar surface area (TPSA) is 69.0 Å². The van der Waals surface area contributed by atoms with Crippen LogP contribution >= 0.6 is 0 Å². The van der Waals surface area contributed by atoms with Gasteiger partial charge in [-0.2, -0.15) is 0 Å². The van der Waals surface area contributed by atoms with E-state index in [-0.39, 0.29) is 29.9 Å². The lowest BCUT2D eigenvalue weighted by molar-refractivity contribution is -0.00705. The molecule has 2 bridgehead atoms. The number of rotatable bonds is 2. The second-order valence-corrected chi connectivity index (χ2v) is 8.44. The molecule has 3 heterocycles.